The number of piperidine rings is 1. The van der Waals surface area contributed by atoms with Crippen LogP contribution in [0.25, 0.3) is 0 Å². The molecule has 1 aliphatic rings. The highest BCUT2D eigenvalue weighted by Gasteiger charge is 2.11. The number of hydrogen-bond donors (Lipinski definition) is 1. The summed E-state index contributed by atoms with van der Waals surface area (Å²) in [4.78, 5) is 0. The summed E-state index contributed by atoms with van der Waals surface area (Å²) in [6, 6.07) is 0.714. The molecule has 0 aliphatic carbocycles. The first-order valence-electron chi connectivity index (χ1n) is 3.73. The van der Waals surface area contributed by atoms with Crippen LogP contribution in [0.2, 0.25) is 0 Å². The lowest BCUT2D eigenvalue weighted by Gasteiger charge is -2.23. The van der Waals surface area contributed by atoms with Crippen LogP contribution in [0.5, 0.6) is 0 Å². The molecule has 52 valence electrons. The van der Waals surface area contributed by atoms with E-state index in [1.54, 1.807) is 0 Å². The fraction of sp³-hybridized carbons (Fsp3) is 0.750. The molecule has 0 amide bonds. The zero-order valence-electron chi connectivity index (χ0n) is 6.11. The average molecular weight is 125 g/mol. The van der Waals surface area contributed by atoms with Crippen molar-refractivity contribution in [2.24, 2.45) is 0 Å². The molecule has 0 aromatic carbocycles. The first-order chi connectivity index (χ1) is 4.33. The molecule has 1 saturated heterocycles. The van der Waals surface area contributed by atoms with Gasteiger partial charge in [0, 0.05) is 6.04 Å². The third-order valence-electron chi connectivity index (χ3n) is 1.94. The van der Waals surface area contributed by atoms with Gasteiger partial charge in [0.05, 0.1) is 0 Å². The highest BCUT2D eigenvalue weighted by molar-refractivity contribution is 5.01. The Hall–Kier alpha value is -0.300. The van der Waals surface area contributed by atoms with Crippen LogP contribution in [0.3, 0.4) is 0 Å². The molecule has 1 rings (SSSR count). The summed E-state index contributed by atoms with van der Waals surface area (Å²) in [5.41, 5.74) is 1.42. The van der Waals surface area contributed by atoms with Crippen LogP contribution >= 0.6 is 0 Å². The van der Waals surface area contributed by atoms with E-state index in [2.05, 4.69) is 18.8 Å². The monoisotopic (exact) mass is 125 g/mol. The Balaban J connectivity index is 2.32. The van der Waals surface area contributed by atoms with Crippen molar-refractivity contribution in [3.8, 4) is 0 Å². The second-order valence-electron chi connectivity index (χ2n) is 2.76. The van der Waals surface area contributed by atoms with Gasteiger partial charge >= 0.3 is 0 Å². The van der Waals surface area contributed by atoms with E-state index in [4.69, 9.17) is 0 Å². The van der Waals surface area contributed by atoms with Crippen molar-refractivity contribution in [3.63, 3.8) is 0 Å². The van der Waals surface area contributed by atoms with Crippen LogP contribution in [-0.2, 0) is 0 Å². The van der Waals surface area contributed by atoms with Gasteiger partial charge in [-0.25, -0.2) is 0 Å². The SMILES string of the molecule is C=C1CCNC(CC)C1. The first-order valence-corrected chi connectivity index (χ1v) is 3.73. The van der Waals surface area contributed by atoms with Crippen molar-refractivity contribution in [2.75, 3.05) is 6.54 Å². The molecule has 0 bridgehead atoms. The first kappa shape index (κ1) is 6.81. The summed E-state index contributed by atoms with van der Waals surface area (Å²) in [6.45, 7) is 7.33. The maximum atomic E-state index is 3.97. The summed E-state index contributed by atoms with van der Waals surface area (Å²) >= 11 is 0. The average Bonchev–Trinajstić information content (AvgIpc) is 1.88. The highest BCUT2D eigenvalue weighted by atomic mass is 14.9. The molecule has 0 aromatic heterocycles. The molecular formula is C8H15N. The van der Waals surface area contributed by atoms with Gasteiger partial charge in [-0.2, -0.15) is 0 Å². The van der Waals surface area contributed by atoms with Crippen LogP contribution in [0.4, 0.5) is 0 Å². The Morgan fingerprint density at radius 3 is 3.00 bits per heavy atom. The number of hydrogen-bond acceptors (Lipinski definition) is 1. The zero-order valence-corrected chi connectivity index (χ0v) is 6.11. The standard InChI is InChI=1S/C8H15N/c1-3-8-6-7(2)4-5-9-8/h8-9H,2-6H2,1H3. The summed E-state index contributed by atoms with van der Waals surface area (Å²) in [7, 11) is 0. The third kappa shape index (κ3) is 1.83. The van der Waals surface area contributed by atoms with Gasteiger partial charge in [-0.15, -0.1) is 0 Å². The van der Waals surface area contributed by atoms with Crippen LogP contribution < -0.4 is 5.32 Å². The molecule has 1 nitrogen and oxygen atoms in total. The summed E-state index contributed by atoms with van der Waals surface area (Å²) < 4.78 is 0. The Bertz CT molecular complexity index is 107. The van der Waals surface area contributed by atoms with Gasteiger partial charge in [-0.3, -0.25) is 0 Å². The van der Waals surface area contributed by atoms with Crippen molar-refractivity contribution in [2.45, 2.75) is 32.2 Å². The molecule has 1 atom stereocenters. The van der Waals surface area contributed by atoms with Crippen LogP contribution in [0.1, 0.15) is 26.2 Å². The molecule has 1 aliphatic heterocycles. The fourth-order valence-corrected chi connectivity index (χ4v) is 1.26. The smallest absolute Gasteiger partial charge is 0.0102 e. The molecule has 0 spiro atoms. The van der Waals surface area contributed by atoms with Gasteiger partial charge in [0.1, 0.15) is 0 Å². The largest absolute Gasteiger partial charge is 0.313 e. The predicted molar refractivity (Wildman–Crippen MR) is 40.5 cm³/mol. The predicted octanol–water partition coefficient (Wildman–Crippen LogP) is 1.70. The molecule has 0 aromatic rings. The van der Waals surface area contributed by atoms with E-state index in [1.807, 2.05) is 0 Å². The zero-order chi connectivity index (χ0) is 6.69. The highest BCUT2D eigenvalue weighted by Crippen LogP contribution is 2.13. The lowest BCUT2D eigenvalue weighted by molar-refractivity contribution is 0.453. The van der Waals surface area contributed by atoms with E-state index >= 15 is 0 Å². The Labute approximate surface area is 57.1 Å². The lowest BCUT2D eigenvalue weighted by Crippen LogP contribution is -2.33. The minimum Gasteiger partial charge on any atom is -0.313 e. The van der Waals surface area contributed by atoms with Crippen molar-refractivity contribution in [3.05, 3.63) is 12.2 Å². The van der Waals surface area contributed by atoms with E-state index in [0.29, 0.717) is 6.04 Å². The molecule has 1 heteroatoms. The summed E-state index contributed by atoms with van der Waals surface area (Å²) in [5.74, 6) is 0. The normalized spacial score (nSPS) is 28.6. The fourth-order valence-electron chi connectivity index (χ4n) is 1.26. The van der Waals surface area contributed by atoms with Gasteiger partial charge in [-0.05, 0) is 25.8 Å². The maximum Gasteiger partial charge on any atom is 0.0102 e. The van der Waals surface area contributed by atoms with Gasteiger partial charge < -0.3 is 5.32 Å². The minimum absolute atomic E-state index is 0.714. The van der Waals surface area contributed by atoms with Crippen molar-refractivity contribution in [1.82, 2.24) is 5.32 Å². The Morgan fingerprint density at radius 1 is 1.78 bits per heavy atom. The van der Waals surface area contributed by atoms with Gasteiger partial charge in [0.2, 0.25) is 0 Å². The van der Waals surface area contributed by atoms with Crippen molar-refractivity contribution < 1.29 is 0 Å². The van der Waals surface area contributed by atoms with Crippen molar-refractivity contribution >= 4 is 0 Å². The summed E-state index contributed by atoms with van der Waals surface area (Å²) in [6.07, 6.45) is 3.60. The molecule has 0 saturated carbocycles. The number of nitrogens with one attached hydrogen (secondary N) is 1. The second-order valence-corrected chi connectivity index (χ2v) is 2.76. The number of rotatable bonds is 1. The van der Waals surface area contributed by atoms with Gasteiger partial charge in [0.15, 0.2) is 0 Å². The molecule has 1 heterocycles. The van der Waals surface area contributed by atoms with Gasteiger partial charge in [0.25, 0.3) is 0 Å². The molecule has 1 unspecified atom stereocenters. The van der Waals surface area contributed by atoms with E-state index in [-0.39, 0.29) is 0 Å². The molecule has 0 radical (unpaired) electrons. The quantitative estimate of drug-likeness (QED) is 0.526. The second kappa shape index (κ2) is 3.02. The lowest BCUT2D eigenvalue weighted by atomic mass is 9.99. The van der Waals surface area contributed by atoms with Crippen LogP contribution in [0.15, 0.2) is 12.2 Å². The Kier molecular flexibility index (Phi) is 2.29. The summed E-state index contributed by atoms with van der Waals surface area (Å²) in [5, 5.41) is 3.44. The molecule has 1 fully saturated rings. The van der Waals surface area contributed by atoms with Crippen LogP contribution in [0, 0.1) is 0 Å². The molecule has 9 heavy (non-hydrogen) atoms. The van der Waals surface area contributed by atoms with Gasteiger partial charge in [-0.1, -0.05) is 19.1 Å². The van der Waals surface area contributed by atoms with E-state index < -0.39 is 0 Å². The van der Waals surface area contributed by atoms with Crippen molar-refractivity contribution in [1.29, 1.82) is 0 Å². The maximum absolute atomic E-state index is 3.97. The molecular weight excluding hydrogens is 110 g/mol. The van der Waals surface area contributed by atoms with Crippen LogP contribution in [-0.4, -0.2) is 12.6 Å². The van der Waals surface area contributed by atoms with E-state index in [1.165, 1.54) is 24.8 Å². The topological polar surface area (TPSA) is 12.0 Å². The molecule has 1 N–H and O–H groups in total. The van der Waals surface area contributed by atoms with E-state index in [0.717, 1.165) is 6.54 Å². The Morgan fingerprint density at radius 2 is 2.56 bits per heavy atom. The minimum atomic E-state index is 0.714. The third-order valence-corrected chi connectivity index (χ3v) is 1.94. The van der Waals surface area contributed by atoms with E-state index in [9.17, 15) is 0 Å².